The predicted octanol–water partition coefficient (Wildman–Crippen LogP) is 3.86. The van der Waals surface area contributed by atoms with Crippen LogP contribution in [0, 0.1) is 0 Å². The Morgan fingerprint density at radius 2 is 1.72 bits per heavy atom. The van der Waals surface area contributed by atoms with Crippen molar-refractivity contribution in [3.05, 3.63) is 64.7 Å². The number of esters is 2. The fourth-order valence-corrected chi connectivity index (χ4v) is 3.61. The lowest BCUT2D eigenvalue weighted by Crippen LogP contribution is -2.06. The molecule has 3 aromatic rings. The minimum atomic E-state index is -0.673. The number of carbonyl (C=O) groups excluding carboxylic acids is 2. The van der Waals surface area contributed by atoms with Crippen LogP contribution in [-0.2, 0) is 11.2 Å². The third kappa shape index (κ3) is 1.83. The molecular formula is C20H12O5. The Hall–Kier alpha value is -3.34. The van der Waals surface area contributed by atoms with Gasteiger partial charge >= 0.3 is 11.9 Å². The van der Waals surface area contributed by atoms with Crippen LogP contribution in [0.4, 0.5) is 0 Å². The van der Waals surface area contributed by atoms with Gasteiger partial charge < -0.3 is 14.2 Å². The van der Waals surface area contributed by atoms with Gasteiger partial charge in [-0.15, -0.1) is 0 Å². The van der Waals surface area contributed by atoms with E-state index < -0.39 is 11.9 Å². The summed E-state index contributed by atoms with van der Waals surface area (Å²) in [6.07, 6.45) is 0.614. The zero-order valence-corrected chi connectivity index (χ0v) is 13.3. The molecule has 0 aliphatic carbocycles. The van der Waals surface area contributed by atoms with Crippen molar-refractivity contribution in [2.75, 3.05) is 7.11 Å². The topological polar surface area (TPSA) is 61.8 Å². The Morgan fingerprint density at radius 1 is 0.920 bits per heavy atom. The van der Waals surface area contributed by atoms with Crippen LogP contribution in [0.15, 0.2) is 42.5 Å². The van der Waals surface area contributed by atoms with Gasteiger partial charge in [-0.2, -0.15) is 0 Å². The van der Waals surface area contributed by atoms with Gasteiger partial charge in [0.25, 0.3) is 0 Å². The van der Waals surface area contributed by atoms with Crippen molar-refractivity contribution < 1.29 is 23.8 Å². The van der Waals surface area contributed by atoms with Crippen LogP contribution in [0.1, 0.15) is 31.8 Å². The first-order chi connectivity index (χ1) is 12.2. The van der Waals surface area contributed by atoms with E-state index in [9.17, 15) is 9.59 Å². The monoisotopic (exact) mass is 332 g/mol. The van der Waals surface area contributed by atoms with E-state index in [-0.39, 0.29) is 11.1 Å². The van der Waals surface area contributed by atoms with E-state index in [0.29, 0.717) is 23.3 Å². The molecule has 5 nitrogen and oxygen atoms in total. The van der Waals surface area contributed by atoms with Crippen LogP contribution < -0.4 is 9.47 Å². The Kier molecular flexibility index (Phi) is 2.71. The number of para-hydroxylation sites is 1. The maximum absolute atomic E-state index is 12.4. The van der Waals surface area contributed by atoms with Crippen molar-refractivity contribution in [1.82, 2.24) is 0 Å². The number of fused-ring (bicyclic) bond motifs is 6. The van der Waals surface area contributed by atoms with Crippen molar-refractivity contribution in [3.8, 4) is 17.2 Å². The minimum Gasteiger partial charge on any atom is -0.496 e. The molecule has 2 heterocycles. The molecule has 5 rings (SSSR count). The molecule has 0 unspecified atom stereocenters. The third-order valence-electron chi connectivity index (χ3n) is 4.71. The average Bonchev–Trinajstić information content (AvgIpc) is 2.93. The number of benzene rings is 3. The predicted molar refractivity (Wildman–Crippen MR) is 89.6 cm³/mol. The summed E-state index contributed by atoms with van der Waals surface area (Å²) < 4.78 is 16.1. The van der Waals surface area contributed by atoms with Gasteiger partial charge in [0.15, 0.2) is 0 Å². The molecule has 0 aromatic heterocycles. The standard InChI is InChI=1S/C20H12O5/c1-23-15-9-11-6-7-14-12(8-10-4-2-3-5-13(10)24-14)16(11)18-17(15)19(21)25-20(18)22/h2-7,9H,8H2,1H3. The summed E-state index contributed by atoms with van der Waals surface area (Å²) in [4.78, 5) is 24.5. The van der Waals surface area contributed by atoms with E-state index in [1.165, 1.54) is 7.11 Å². The number of methoxy groups -OCH3 is 1. The second-order valence-electron chi connectivity index (χ2n) is 6.03. The lowest BCUT2D eigenvalue weighted by atomic mass is 9.90. The molecule has 122 valence electrons. The molecule has 0 N–H and O–H groups in total. The van der Waals surface area contributed by atoms with E-state index in [1.54, 1.807) is 6.07 Å². The molecule has 5 heteroatoms. The highest BCUT2D eigenvalue weighted by Crippen LogP contribution is 2.44. The minimum absolute atomic E-state index is 0.187. The zero-order valence-electron chi connectivity index (χ0n) is 13.3. The van der Waals surface area contributed by atoms with Crippen LogP contribution in [0.25, 0.3) is 10.8 Å². The van der Waals surface area contributed by atoms with E-state index >= 15 is 0 Å². The van der Waals surface area contributed by atoms with Gasteiger partial charge in [0.05, 0.1) is 12.7 Å². The maximum Gasteiger partial charge on any atom is 0.350 e. The van der Waals surface area contributed by atoms with E-state index in [1.807, 2.05) is 36.4 Å². The molecule has 0 amide bonds. The average molecular weight is 332 g/mol. The SMILES string of the molecule is COc1cc2ccc3c(c2c2c1C(=O)OC2=O)Cc1ccccc1O3. The Labute approximate surface area is 142 Å². The highest BCUT2D eigenvalue weighted by atomic mass is 16.6. The Morgan fingerprint density at radius 3 is 2.56 bits per heavy atom. The summed E-state index contributed by atoms with van der Waals surface area (Å²) >= 11 is 0. The van der Waals surface area contributed by atoms with Gasteiger partial charge in [0, 0.05) is 17.4 Å². The summed E-state index contributed by atoms with van der Waals surface area (Å²) in [6, 6.07) is 13.3. The molecule has 0 saturated carbocycles. The van der Waals surface area contributed by atoms with E-state index in [4.69, 9.17) is 14.2 Å². The quantitative estimate of drug-likeness (QED) is 0.391. The second-order valence-corrected chi connectivity index (χ2v) is 6.03. The molecule has 0 saturated heterocycles. The molecule has 0 radical (unpaired) electrons. The lowest BCUT2D eigenvalue weighted by molar-refractivity contribution is 0.0443. The fourth-order valence-electron chi connectivity index (χ4n) is 3.61. The molecule has 2 aliphatic heterocycles. The summed E-state index contributed by atoms with van der Waals surface area (Å²) in [5.41, 5.74) is 2.36. The Bertz CT molecular complexity index is 1100. The number of cyclic esters (lactones) is 2. The molecular weight excluding hydrogens is 320 g/mol. The second kappa shape index (κ2) is 4.83. The first kappa shape index (κ1) is 14.0. The number of hydrogen-bond acceptors (Lipinski definition) is 5. The largest absolute Gasteiger partial charge is 0.496 e. The highest BCUT2D eigenvalue weighted by molar-refractivity contribution is 6.23. The van der Waals surface area contributed by atoms with Crippen LogP contribution in [0.2, 0.25) is 0 Å². The number of rotatable bonds is 1. The summed E-state index contributed by atoms with van der Waals surface area (Å²) in [7, 11) is 1.47. The van der Waals surface area contributed by atoms with Crippen molar-refractivity contribution in [3.63, 3.8) is 0 Å². The van der Waals surface area contributed by atoms with Crippen LogP contribution in [-0.4, -0.2) is 19.0 Å². The van der Waals surface area contributed by atoms with Gasteiger partial charge in [-0.05, 0) is 29.1 Å². The smallest absolute Gasteiger partial charge is 0.350 e. The zero-order chi connectivity index (χ0) is 17.1. The molecule has 0 bridgehead atoms. The normalized spacial score (nSPS) is 14.4. The van der Waals surface area contributed by atoms with E-state index in [0.717, 1.165) is 22.3 Å². The van der Waals surface area contributed by atoms with Gasteiger partial charge in [-0.25, -0.2) is 9.59 Å². The summed E-state index contributed by atoms with van der Waals surface area (Å²) in [5.74, 6) is 0.518. The molecule has 0 atom stereocenters. The van der Waals surface area contributed by atoms with Crippen molar-refractivity contribution in [2.24, 2.45) is 0 Å². The summed E-state index contributed by atoms with van der Waals surface area (Å²) in [5, 5.41) is 1.50. The molecule has 3 aromatic carbocycles. The van der Waals surface area contributed by atoms with Gasteiger partial charge in [0.1, 0.15) is 22.8 Å². The van der Waals surface area contributed by atoms with Crippen molar-refractivity contribution in [1.29, 1.82) is 0 Å². The third-order valence-corrected chi connectivity index (χ3v) is 4.71. The molecule has 0 fully saturated rings. The molecule has 0 spiro atoms. The Balaban J connectivity index is 1.86. The van der Waals surface area contributed by atoms with Crippen LogP contribution in [0.3, 0.4) is 0 Å². The van der Waals surface area contributed by atoms with Gasteiger partial charge in [-0.1, -0.05) is 24.3 Å². The van der Waals surface area contributed by atoms with E-state index in [2.05, 4.69) is 0 Å². The first-order valence-corrected chi connectivity index (χ1v) is 7.86. The fraction of sp³-hybridized carbons (Fsp3) is 0.100. The molecule has 2 aliphatic rings. The number of carbonyl (C=O) groups is 2. The van der Waals surface area contributed by atoms with Crippen molar-refractivity contribution in [2.45, 2.75) is 6.42 Å². The first-order valence-electron chi connectivity index (χ1n) is 7.86. The summed E-state index contributed by atoms with van der Waals surface area (Å²) in [6.45, 7) is 0. The molecule has 25 heavy (non-hydrogen) atoms. The van der Waals surface area contributed by atoms with Crippen LogP contribution >= 0.6 is 0 Å². The van der Waals surface area contributed by atoms with Crippen LogP contribution in [0.5, 0.6) is 17.2 Å². The van der Waals surface area contributed by atoms with Crippen molar-refractivity contribution >= 4 is 22.7 Å². The number of ether oxygens (including phenoxy) is 3. The lowest BCUT2D eigenvalue weighted by Gasteiger charge is -2.22. The highest BCUT2D eigenvalue weighted by Gasteiger charge is 2.37. The van der Waals surface area contributed by atoms with Gasteiger partial charge in [-0.3, -0.25) is 0 Å². The maximum atomic E-state index is 12.4. The number of hydrogen-bond donors (Lipinski definition) is 0. The van der Waals surface area contributed by atoms with Gasteiger partial charge in [0.2, 0.25) is 0 Å².